The summed E-state index contributed by atoms with van der Waals surface area (Å²) in [6.45, 7) is 7.99. The van der Waals surface area contributed by atoms with Crippen LogP contribution in [0.3, 0.4) is 0 Å². The van der Waals surface area contributed by atoms with Crippen molar-refractivity contribution in [2.45, 2.75) is 58.7 Å². The molecule has 1 N–H and O–H groups in total. The van der Waals surface area contributed by atoms with Gasteiger partial charge < -0.3 is 10.2 Å². The van der Waals surface area contributed by atoms with Crippen LogP contribution in [-0.2, 0) is 29.0 Å². The van der Waals surface area contributed by atoms with E-state index in [-0.39, 0.29) is 24.8 Å². The number of nitrogens with zero attached hydrogens (tertiary/aromatic N) is 1. The predicted octanol–water partition coefficient (Wildman–Crippen LogP) is 6.40. The largest absolute Gasteiger partial charge is 0.350 e. The molecule has 4 nitrogen and oxygen atoms in total. The zero-order valence-corrected chi connectivity index (χ0v) is 22.2. The lowest BCUT2D eigenvalue weighted by Crippen LogP contribution is -2.54. The van der Waals surface area contributed by atoms with Crippen molar-refractivity contribution in [3.63, 3.8) is 0 Å². The zero-order chi connectivity index (χ0) is 25.6. The summed E-state index contributed by atoms with van der Waals surface area (Å²) in [4.78, 5) is 29.0. The third kappa shape index (κ3) is 8.12. The molecule has 0 bridgehead atoms. The van der Waals surface area contributed by atoms with Crippen molar-refractivity contribution < 1.29 is 9.59 Å². The summed E-state index contributed by atoms with van der Waals surface area (Å²) < 4.78 is 0. The van der Waals surface area contributed by atoms with Crippen LogP contribution in [0.5, 0.6) is 0 Å². The van der Waals surface area contributed by atoms with E-state index in [9.17, 15) is 9.59 Å². The highest BCUT2D eigenvalue weighted by Gasteiger charge is 2.32. The number of benzene rings is 3. The molecule has 1 unspecified atom stereocenters. The van der Waals surface area contributed by atoms with Crippen molar-refractivity contribution in [3.8, 4) is 0 Å². The Morgan fingerprint density at radius 3 is 2.17 bits per heavy atom. The van der Waals surface area contributed by atoms with Crippen LogP contribution < -0.4 is 5.32 Å². The van der Waals surface area contributed by atoms with E-state index in [4.69, 9.17) is 23.2 Å². The van der Waals surface area contributed by atoms with Crippen LogP contribution in [0.4, 0.5) is 0 Å². The van der Waals surface area contributed by atoms with Gasteiger partial charge in [0, 0.05) is 28.5 Å². The fourth-order valence-electron chi connectivity index (χ4n) is 3.82. The lowest BCUT2D eigenvalue weighted by atomic mass is 9.99. The Labute approximate surface area is 218 Å². The summed E-state index contributed by atoms with van der Waals surface area (Å²) in [5.74, 6) is -0.353. The van der Waals surface area contributed by atoms with Gasteiger partial charge in [0.15, 0.2) is 0 Å². The lowest BCUT2D eigenvalue weighted by molar-refractivity contribution is -0.141. The fraction of sp³-hybridized carbons (Fsp3) is 0.310. The Morgan fingerprint density at radius 2 is 1.57 bits per heavy atom. The third-order valence-electron chi connectivity index (χ3n) is 5.60. The molecule has 0 fully saturated rings. The normalized spacial score (nSPS) is 12.2. The van der Waals surface area contributed by atoms with Crippen LogP contribution in [0.25, 0.3) is 0 Å². The van der Waals surface area contributed by atoms with Crippen LogP contribution in [0, 0.1) is 6.92 Å². The van der Waals surface area contributed by atoms with Crippen LogP contribution in [0.2, 0.25) is 10.0 Å². The molecule has 3 aromatic carbocycles. The van der Waals surface area contributed by atoms with E-state index < -0.39 is 11.6 Å². The summed E-state index contributed by atoms with van der Waals surface area (Å²) in [6, 6.07) is 22.1. The Bertz CT molecular complexity index is 1160. The summed E-state index contributed by atoms with van der Waals surface area (Å²) in [5.41, 5.74) is 3.27. The van der Waals surface area contributed by atoms with Gasteiger partial charge in [0.2, 0.25) is 11.8 Å². The first-order valence-electron chi connectivity index (χ1n) is 11.7. The molecule has 2 amide bonds. The highest BCUT2D eigenvalue weighted by molar-refractivity contribution is 6.35. The maximum absolute atomic E-state index is 13.8. The Morgan fingerprint density at radius 1 is 0.914 bits per heavy atom. The molecule has 3 aromatic rings. The summed E-state index contributed by atoms with van der Waals surface area (Å²) in [7, 11) is 0. The van der Waals surface area contributed by atoms with Crippen molar-refractivity contribution in [2.24, 2.45) is 0 Å². The molecular weight excluding hydrogens is 479 g/mol. The van der Waals surface area contributed by atoms with Crippen molar-refractivity contribution in [2.75, 3.05) is 0 Å². The van der Waals surface area contributed by atoms with Gasteiger partial charge in [0.1, 0.15) is 6.04 Å². The quantitative estimate of drug-likeness (QED) is 0.381. The number of carbonyl (C=O) groups is 2. The van der Waals surface area contributed by atoms with Gasteiger partial charge in [-0.1, -0.05) is 89.4 Å². The molecule has 0 saturated heterocycles. The van der Waals surface area contributed by atoms with Gasteiger partial charge in [-0.25, -0.2) is 0 Å². The average molecular weight is 511 g/mol. The van der Waals surface area contributed by atoms with Crippen LogP contribution in [-0.4, -0.2) is 28.3 Å². The predicted molar refractivity (Wildman–Crippen MR) is 144 cm³/mol. The number of nitrogens with one attached hydrogen (secondary N) is 1. The number of aryl methyl sites for hydroxylation is 1. The summed E-state index contributed by atoms with van der Waals surface area (Å²) >= 11 is 12.6. The molecule has 0 aromatic heterocycles. The highest BCUT2D eigenvalue weighted by atomic mass is 35.5. The van der Waals surface area contributed by atoms with Gasteiger partial charge >= 0.3 is 0 Å². The van der Waals surface area contributed by atoms with E-state index in [1.807, 2.05) is 82.3 Å². The molecule has 35 heavy (non-hydrogen) atoms. The van der Waals surface area contributed by atoms with Crippen LogP contribution >= 0.6 is 23.2 Å². The third-order valence-corrected chi connectivity index (χ3v) is 6.19. The minimum Gasteiger partial charge on any atom is -0.350 e. The summed E-state index contributed by atoms with van der Waals surface area (Å²) in [5, 5.41) is 4.04. The standard InChI is InChI=1S/C29H32Cl2N2O2/c1-20-10-12-22(13-11-20)17-27(34)33(19-23-14-15-24(30)18-25(23)31)26(28(35)32-29(2,3)4)16-21-8-6-5-7-9-21/h5-15,18,26H,16-17,19H2,1-4H3,(H,32,35). The second-order valence-corrected chi connectivity index (χ2v) is 10.7. The first-order valence-corrected chi connectivity index (χ1v) is 12.4. The Kier molecular flexibility index (Phi) is 8.98. The maximum Gasteiger partial charge on any atom is 0.243 e. The molecule has 0 spiro atoms. The van der Waals surface area contributed by atoms with Gasteiger partial charge in [-0.3, -0.25) is 9.59 Å². The van der Waals surface area contributed by atoms with E-state index in [1.54, 1.807) is 23.1 Å². The number of hydrogen-bond acceptors (Lipinski definition) is 2. The van der Waals surface area contributed by atoms with Crippen molar-refractivity contribution in [3.05, 3.63) is 105 Å². The monoisotopic (exact) mass is 510 g/mol. The fourth-order valence-corrected chi connectivity index (χ4v) is 4.29. The van der Waals surface area contributed by atoms with Crippen LogP contribution in [0.15, 0.2) is 72.8 Å². The molecule has 1 atom stereocenters. The number of rotatable bonds is 8. The number of hydrogen-bond donors (Lipinski definition) is 1. The van der Waals surface area contributed by atoms with E-state index in [1.165, 1.54) is 0 Å². The molecular formula is C29H32Cl2N2O2. The minimum atomic E-state index is -0.721. The SMILES string of the molecule is Cc1ccc(CC(=O)N(Cc2ccc(Cl)cc2Cl)C(Cc2ccccc2)C(=O)NC(C)(C)C)cc1. The molecule has 0 radical (unpaired) electrons. The lowest BCUT2D eigenvalue weighted by Gasteiger charge is -2.34. The van der Waals surface area contributed by atoms with Crippen molar-refractivity contribution >= 4 is 35.0 Å². The molecule has 0 saturated carbocycles. The van der Waals surface area contributed by atoms with Gasteiger partial charge in [-0.05, 0) is 56.5 Å². The number of amides is 2. The van der Waals surface area contributed by atoms with Crippen molar-refractivity contribution in [1.29, 1.82) is 0 Å². The molecule has 0 heterocycles. The first-order chi connectivity index (χ1) is 16.5. The minimum absolute atomic E-state index is 0.148. The molecule has 0 aliphatic heterocycles. The summed E-state index contributed by atoms with van der Waals surface area (Å²) in [6.07, 6.45) is 0.563. The Balaban J connectivity index is 2.01. The highest BCUT2D eigenvalue weighted by Crippen LogP contribution is 2.25. The van der Waals surface area contributed by atoms with E-state index in [0.29, 0.717) is 16.5 Å². The van der Waals surface area contributed by atoms with Gasteiger partial charge in [0.25, 0.3) is 0 Å². The first kappa shape index (κ1) is 26.8. The average Bonchev–Trinajstić information content (AvgIpc) is 2.78. The second-order valence-electron chi connectivity index (χ2n) is 9.86. The molecule has 0 aliphatic carbocycles. The van der Waals surface area contributed by atoms with E-state index in [2.05, 4.69) is 5.32 Å². The molecule has 184 valence electrons. The van der Waals surface area contributed by atoms with Gasteiger partial charge in [0.05, 0.1) is 6.42 Å². The number of carbonyl (C=O) groups excluding carboxylic acids is 2. The zero-order valence-electron chi connectivity index (χ0n) is 20.6. The van der Waals surface area contributed by atoms with Crippen molar-refractivity contribution in [1.82, 2.24) is 10.2 Å². The smallest absolute Gasteiger partial charge is 0.243 e. The topological polar surface area (TPSA) is 49.4 Å². The van der Waals surface area contributed by atoms with E-state index in [0.717, 1.165) is 22.3 Å². The number of halogens is 2. The van der Waals surface area contributed by atoms with Gasteiger partial charge in [-0.15, -0.1) is 0 Å². The molecule has 6 heteroatoms. The molecule has 0 aliphatic rings. The second kappa shape index (κ2) is 11.7. The molecule has 3 rings (SSSR count). The van der Waals surface area contributed by atoms with Crippen LogP contribution in [0.1, 0.15) is 43.0 Å². The van der Waals surface area contributed by atoms with Gasteiger partial charge in [-0.2, -0.15) is 0 Å². The Hall–Kier alpha value is -2.82. The maximum atomic E-state index is 13.8. The van der Waals surface area contributed by atoms with E-state index >= 15 is 0 Å².